The molecule has 0 amide bonds. The van der Waals surface area contributed by atoms with E-state index in [4.69, 9.17) is 9.47 Å². The second kappa shape index (κ2) is 11.0. The Kier molecular flexibility index (Phi) is 8.95. The van der Waals surface area contributed by atoms with Crippen molar-refractivity contribution in [2.75, 3.05) is 20.4 Å². The van der Waals surface area contributed by atoms with E-state index in [0.717, 1.165) is 44.9 Å². The van der Waals surface area contributed by atoms with E-state index < -0.39 is 13.0 Å². The maximum absolute atomic E-state index is 13.9. The Labute approximate surface area is 171 Å². The van der Waals surface area contributed by atoms with Crippen molar-refractivity contribution in [1.29, 1.82) is 0 Å². The van der Waals surface area contributed by atoms with Crippen molar-refractivity contribution >= 4 is 13.6 Å². The van der Waals surface area contributed by atoms with Gasteiger partial charge in [-0.05, 0) is 37.8 Å². The van der Waals surface area contributed by atoms with Gasteiger partial charge in [0.05, 0.1) is 14.2 Å². The molecular formula is C23H36O4P+. The first-order valence-electron chi connectivity index (χ1n) is 10.7. The fourth-order valence-corrected chi connectivity index (χ4v) is 6.77. The number of ketones is 1. The van der Waals surface area contributed by atoms with Crippen LogP contribution in [0.25, 0.3) is 0 Å². The summed E-state index contributed by atoms with van der Waals surface area (Å²) in [6.07, 6.45) is 9.48. The van der Waals surface area contributed by atoms with E-state index in [9.17, 15) is 9.36 Å². The van der Waals surface area contributed by atoms with Gasteiger partial charge in [0.25, 0.3) is 0 Å². The lowest BCUT2D eigenvalue weighted by molar-refractivity contribution is 0.0906. The maximum Gasteiger partial charge on any atom is 0.353 e. The molecule has 0 spiro atoms. The van der Waals surface area contributed by atoms with Crippen molar-refractivity contribution in [2.45, 2.75) is 76.8 Å². The molecule has 0 bridgehead atoms. The van der Waals surface area contributed by atoms with Crippen molar-refractivity contribution in [3.63, 3.8) is 0 Å². The van der Waals surface area contributed by atoms with Crippen molar-refractivity contribution in [2.24, 2.45) is 5.92 Å². The summed E-state index contributed by atoms with van der Waals surface area (Å²) in [6.45, 7) is 4.36. The molecule has 1 aromatic rings. The zero-order valence-corrected chi connectivity index (χ0v) is 18.9. The van der Waals surface area contributed by atoms with Crippen molar-refractivity contribution in [3.05, 3.63) is 23.8 Å². The standard InChI is InChI=1S/C23H36O4P/c1-5-7-12-18(6-2)17-28(25)23(15-9-8-10-16-23)22(24)21-19(26-3)13-11-14-20(21)27-4/h11,13-14,18H,5-10,12,15-17H2,1-4H3/q+1. The number of benzene rings is 1. The Morgan fingerprint density at radius 2 is 1.71 bits per heavy atom. The number of carbonyl (C=O) groups excluding carboxylic acids is 1. The van der Waals surface area contributed by atoms with Gasteiger partial charge in [-0.2, -0.15) is 0 Å². The van der Waals surface area contributed by atoms with E-state index in [1.165, 1.54) is 0 Å². The van der Waals surface area contributed by atoms with Crippen LogP contribution in [-0.2, 0) is 4.57 Å². The molecule has 0 N–H and O–H groups in total. The zero-order valence-electron chi connectivity index (χ0n) is 18.0. The Morgan fingerprint density at radius 1 is 1.11 bits per heavy atom. The third-order valence-corrected chi connectivity index (χ3v) is 8.66. The van der Waals surface area contributed by atoms with Crippen molar-refractivity contribution in [1.82, 2.24) is 0 Å². The Balaban J connectivity index is 2.40. The first-order chi connectivity index (χ1) is 13.5. The van der Waals surface area contributed by atoms with Crippen LogP contribution in [0.15, 0.2) is 18.2 Å². The molecule has 5 heteroatoms. The van der Waals surface area contributed by atoms with Crippen molar-refractivity contribution in [3.8, 4) is 11.5 Å². The topological polar surface area (TPSA) is 52.6 Å². The summed E-state index contributed by atoms with van der Waals surface area (Å²) in [4.78, 5) is 13.9. The molecule has 1 aliphatic carbocycles. The lowest BCUT2D eigenvalue weighted by atomic mass is 9.82. The summed E-state index contributed by atoms with van der Waals surface area (Å²) in [6, 6.07) is 5.39. The molecule has 0 aromatic heterocycles. The smallest absolute Gasteiger partial charge is 0.353 e. The fraction of sp³-hybridized carbons (Fsp3) is 0.696. The lowest BCUT2D eigenvalue weighted by Crippen LogP contribution is -2.38. The molecule has 2 rings (SSSR count). The molecule has 4 nitrogen and oxygen atoms in total. The molecule has 1 aromatic carbocycles. The summed E-state index contributed by atoms with van der Waals surface area (Å²) in [7, 11) is 1.48. The molecule has 28 heavy (non-hydrogen) atoms. The number of rotatable bonds is 11. The third-order valence-electron chi connectivity index (χ3n) is 6.20. The molecular weight excluding hydrogens is 371 g/mol. The van der Waals surface area contributed by atoms with Gasteiger partial charge in [0.2, 0.25) is 10.9 Å². The van der Waals surface area contributed by atoms with E-state index in [0.29, 0.717) is 42.0 Å². The first-order valence-corrected chi connectivity index (χ1v) is 12.2. The van der Waals surface area contributed by atoms with E-state index >= 15 is 0 Å². The van der Waals surface area contributed by atoms with Crippen molar-refractivity contribution < 1.29 is 18.8 Å². The Hall–Kier alpha value is -1.41. The summed E-state index contributed by atoms with van der Waals surface area (Å²) in [5.74, 6) is 1.40. The maximum atomic E-state index is 13.9. The number of methoxy groups -OCH3 is 2. The molecule has 0 heterocycles. The normalized spacial score (nSPS) is 17.6. The van der Waals surface area contributed by atoms with Gasteiger partial charge in [-0.15, -0.1) is 0 Å². The number of Topliss-reactive ketones (excluding diaryl/α,β-unsaturated/α-hetero) is 1. The molecule has 1 saturated carbocycles. The van der Waals surface area contributed by atoms with E-state index in [-0.39, 0.29) is 5.78 Å². The molecule has 0 aliphatic heterocycles. The van der Waals surface area contributed by atoms with Gasteiger partial charge in [-0.1, -0.05) is 43.7 Å². The molecule has 2 atom stereocenters. The van der Waals surface area contributed by atoms with Crippen LogP contribution in [0, 0.1) is 5.92 Å². The summed E-state index contributed by atoms with van der Waals surface area (Å²) < 4.78 is 24.7. The quantitative estimate of drug-likeness (QED) is 0.305. The van der Waals surface area contributed by atoms with Crippen LogP contribution < -0.4 is 9.47 Å². The van der Waals surface area contributed by atoms with E-state index in [2.05, 4.69) is 13.8 Å². The molecule has 1 fully saturated rings. The second-order valence-corrected chi connectivity index (χ2v) is 9.91. The first kappa shape index (κ1) is 22.9. The molecule has 2 unspecified atom stereocenters. The SMILES string of the molecule is CCCCC(CC)C[P+](=O)C1(C(=O)c2c(OC)cccc2OC)CCCCC1. The van der Waals surface area contributed by atoms with Crippen LogP contribution >= 0.6 is 7.80 Å². The summed E-state index contributed by atoms with van der Waals surface area (Å²) in [5, 5.41) is -0.783. The Morgan fingerprint density at radius 3 is 2.21 bits per heavy atom. The van der Waals surface area contributed by atoms with Gasteiger partial charge >= 0.3 is 7.80 Å². The highest BCUT2D eigenvalue weighted by atomic mass is 31.1. The van der Waals surface area contributed by atoms with Crippen LogP contribution in [-0.4, -0.2) is 31.3 Å². The molecule has 0 saturated heterocycles. The highest BCUT2D eigenvalue weighted by molar-refractivity contribution is 7.48. The summed E-state index contributed by atoms with van der Waals surface area (Å²) in [5.41, 5.74) is 0.458. The second-order valence-electron chi connectivity index (χ2n) is 7.94. The van der Waals surface area contributed by atoms with Gasteiger partial charge in [-0.3, -0.25) is 4.79 Å². The summed E-state index contributed by atoms with van der Waals surface area (Å²) >= 11 is 0. The third kappa shape index (κ3) is 4.95. The number of ether oxygens (including phenoxy) is 2. The fourth-order valence-electron chi connectivity index (χ4n) is 4.36. The molecule has 0 radical (unpaired) electrons. The van der Waals surface area contributed by atoms with E-state index in [1.807, 2.05) is 6.07 Å². The number of carbonyl (C=O) groups is 1. The highest BCUT2D eigenvalue weighted by Crippen LogP contribution is 2.53. The van der Waals surface area contributed by atoms with E-state index in [1.54, 1.807) is 26.4 Å². The van der Waals surface area contributed by atoms with Gasteiger partial charge < -0.3 is 9.47 Å². The predicted molar refractivity (Wildman–Crippen MR) is 115 cm³/mol. The van der Waals surface area contributed by atoms with Crippen LogP contribution in [0.2, 0.25) is 0 Å². The molecule has 1 aliphatic rings. The lowest BCUT2D eigenvalue weighted by Gasteiger charge is -2.29. The minimum Gasteiger partial charge on any atom is -0.496 e. The monoisotopic (exact) mass is 407 g/mol. The number of unbranched alkanes of at least 4 members (excludes halogenated alkanes) is 1. The Bertz CT molecular complexity index is 642. The average molecular weight is 408 g/mol. The molecule has 156 valence electrons. The zero-order chi connectivity index (χ0) is 20.6. The highest BCUT2D eigenvalue weighted by Gasteiger charge is 2.57. The van der Waals surface area contributed by atoms with Crippen LogP contribution in [0.5, 0.6) is 11.5 Å². The van der Waals surface area contributed by atoms with Crippen LogP contribution in [0.1, 0.15) is 82.0 Å². The van der Waals surface area contributed by atoms with Crippen LogP contribution in [0.4, 0.5) is 0 Å². The van der Waals surface area contributed by atoms with Gasteiger partial charge in [-0.25, -0.2) is 0 Å². The van der Waals surface area contributed by atoms with Crippen LogP contribution in [0.3, 0.4) is 0 Å². The number of hydrogen-bond acceptors (Lipinski definition) is 4. The predicted octanol–water partition coefficient (Wildman–Crippen LogP) is 6.63. The van der Waals surface area contributed by atoms with Gasteiger partial charge in [0.15, 0.2) is 0 Å². The largest absolute Gasteiger partial charge is 0.496 e. The minimum absolute atomic E-state index is 0.0482. The number of hydrogen-bond donors (Lipinski definition) is 0. The van der Waals surface area contributed by atoms with Gasteiger partial charge in [0.1, 0.15) is 23.2 Å². The minimum atomic E-state index is -1.65. The van der Waals surface area contributed by atoms with Gasteiger partial charge in [0, 0.05) is 18.8 Å². The average Bonchev–Trinajstić information content (AvgIpc) is 2.75.